The number of hydrogen-bond donors (Lipinski definition) is 2. The number of benzene rings is 1. The fraction of sp³-hybridized carbons (Fsp3) is 0.684. The highest BCUT2D eigenvalue weighted by atomic mass is 19.4. The van der Waals surface area contributed by atoms with Crippen LogP contribution in [0.1, 0.15) is 44.1 Å². The quantitative estimate of drug-likeness (QED) is 0.761. The zero-order chi connectivity index (χ0) is 18.9. The van der Waals surface area contributed by atoms with Crippen LogP contribution in [-0.2, 0) is 0 Å². The number of nitrogens with two attached hydrogens (primary N) is 1. The summed E-state index contributed by atoms with van der Waals surface area (Å²) in [5.74, 6) is -1.66. The molecule has 0 spiro atoms. The van der Waals surface area contributed by atoms with Gasteiger partial charge in [0.15, 0.2) is 0 Å². The van der Waals surface area contributed by atoms with Crippen LogP contribution in [0.15, 0.2) is 12.1 Å². The van der Waals surface area contributed by atoms with Gasteiger partial charge in [-0.2, -0.15) is 13.2 Å². The van der Waals surface area contributed by atoms with E-state index in [1.165, 1.54) is 6.07 Å². The van der Waals surface area contributed by atoms with Gasteiger partial charge in [0.05, 0.1) is 11.6 Å². The molecule has 2 fully saturated rings. The molecule has 7 heteroatoms. The standard InChI is InChI=1S/C19H27F4N3/c1-12-10-18(26-8-6-13(7-9-26)19(21,22)23)16(20)11-17(12)25-15-4-2-14(24)3-5-15/h10-11,13-15,25H,2-9,24H2,1H3. The Kier molecular flexibility index (Phi) is 5.65. The Labute approximate surface area is 151 Å². The van der Waals surface area contributed by atoms with E-state index in [-0.39, 0.29) is 37.8 Å². The first-order chi connectivity index (χ1) is 12.2. The molecule has 1 aromatic carbocycles. The zero-order valence-electron chi connectivity index (χ0n) is 15.1. The highest BCUT2D eigenvalue weighted by Gasteiger charge is 2.41. The minimum Gasteiger partial charge on any atom is -0.382 e. The molecule has 3 N–H and O–H groups in total. The number of piperidine rings is 1. The second-order valence-electron chi connectivity index (χ2n) is 7.68. The molecule has 0 bridgehead atoms. The van der Waals surface area contributed by atoms with Crippen LogP contribution in [0.25, 0.3) is 0 Å². The molecule has 1 heterocycles. The lowest BCUT2D eigenvalue weighted by molar-refractivity contribution is -0.179. The molecule has 0 unspecified atom stereocenters. The summed E-state index contributed by atoms with van der Waals surface area (Å²) in [6.07, 6.45) is -0.258. The van der Waals surface area contributed by atoms with E-state index in [0.29, 0.717) is 11.7 Å². The van der Waals surface area contributed by atoms with Crippen molar-refractivity contribution in [3.05, 3.63) is 23.5 Å². The third-order valence-corrected chi connectivity index (χ3v) is 5.72. The molecular weight excluding hydrogens is 346 g/mol. The first-order valence-corrected chi connectivity index (χ1v) is 9.38. The SMILES string of the molecule is Cc1cc(N2CCC(C(F)(F)F)CC2)c(F)cc1NC1CCC(N)CC1. The van der Waals surface area contributed by atoms with Crippen molar-refractivity contribution in [2.24, 2.45) is 11.7 Å². The van der Waals surface area contributed by atoms with Crippen molar-refractivity contribution < 1.29 is 17.6 Å². The molecule has 26 heavy (non-hydrogen) atoms. The summed E-state index contributed by atoms with van der Waals surface area (Å²) in [6.45, 7) is 2.37. The number of alkyl halides is 3. The van der Waals surface area contributed by atoms with Crippen LogP contribution in [0, 0.1) is 18.7 Å². The van der Waals surface area contributed by atoms with Gasteiger partial charge >= 0.3 is 6.18 Å². The molecule has 1 saturated carbocycles. The van der Waals surface area contributed by atoms with Crippen molar-refractivity contribution in [3.63, 3.8) is 0 Å². The van der Waals surface area contributed by atoms with Crippen molar-refractivity contribution in [1.82, 2.24) is 0 Å². The molecule has 146 valence electrons. The van der Waals surface area contributed by atoms with Gasteiger partial charge in [-0.1, -0.05) is 0 Å². The predicted molar refractivity (Wildman–Crippen MR) is 96.0 cm³/mol. The summed E-state index contributed by atoms with van der Waals surface area (Å²) in [5, 5.41) is 3.40. The normalized spacial score (nSPS) is 25.4. The van der Waals surface area contributed by atoms with E-state index in [9.17, 15) is 17.6 Å². The van der Waals surface area contributed by atoms with Crippen molar-refractivity contribution in [1.29, 1.82) is 0 Å². The van der Waals surface area contributed by atoms with Crippen molar-refractivity contribution in [2.75, 3.05) is 23.3 Å². The topological polar surface area (TPSA) is 41.3 Å². The molecule has 1 aliphatic carbocycles. The number of rotatable bonds is 3. The second kappa shape index (κ2) is 7.62. The molecule has 3 nitrogen and oxygen atoms in total. The third-order valence-electron chi connectivity index (χ3n) is 5.72. The Morgan fingerprint density at radius 2 is 1.65 bits per heavy atom. The Morgan fingerprint density at radius 1 is 1.04 bits per heavy atom. The van der Waals surface area contributed by atoms with Gasteiger partial charge in [-0.05, 0) is 63.1 Å². The van der Waals surface area contributed by atoms with Crippen LogP contribution in [0.3, 0.4) is 0 Å². The van der Waals surface area contributed by atoms with E-state index in [4.69, 9.17) is 5.73 Å². The monoisotopic (exact) mass is 373 g/mol. The van der Waals surface area contributed by atoms with Crippen LogP contribution < -0.4 is 16.0 Å². The van der Waals surface area contributed by atoms with Gasteiger partial charge < -0.3 is 16.0 Å². The molecule has 0 radical (unpaired) electrons. The van der Waals surface area contributed by atoms with Gasteiger partial charge in [0.25, 0.3) is 0 Å². The predicted octanol–water partition coefficient (Wildman–Crippen LogP) is 4.59. The van der Waals surface area contributed by atoms with Crippen LogP contribution in [-0.4, -0.2) is 31.3 Å². The van der Waals surface area contributed by atoms with Crippen LogP contribution in [0.5, 0.6) is 0 Å². The van der Waals surface area contributed by atoms with Crippen LogP contribution in [0.4, 0.5) is 28.9 Å². The fourth-order valence-electron chi connectivity index (χ4n) is 4.00. The fourth-order valence-corrected chi connectivity index (χ4v) is 4.00. The summed E-state index contributed by atoms with van der Waals surface area (Å²) < 4.78 is 53.1. The lowest BCUT2D eigenvalue weighted by Gasteiger charge is -2.35. The Balaban J connectivity index is 1.66. The second-order valence-corrected chi connectivity index (χ2v) is 7.68. The molecule has 0 amide bonds. The average Bonchev–Trinajstić information content (AvgIpc) is 2.59. The lowest BCUT2D eigenvalue weighted by atomic mass is 9.91. The minimum absolute atomic E-state index is 0.0182. The van der Waals surface area contributed by atoms with E-state index in [1.54, 1.807) is 11.0 Å². The van der Waals surface area contributed by atoms with Gasteiger partial charge in [0, 0.05) is 30.9 Å². The van der Waals surface area contributed by atoms with Gasteiger partial charge in [-0.3, -0.25) is 0 Å². The summed E-state index contributed by atoms with van der Waals surface area (Å²) >= 11 is 0. The molecular formula is C19H27F4N3. The van der Waals surface area contributed by atoms with E-state index in [1.807, 2.05) is 6.92 Å². The summed E-state index contributed by atoms with van der Waals surface area (Å²) in [4.78, 5) is 1.73. The highest BCUT2D eigenvalue weighted by molar-refractivity contribution is 5.61. The van der Waals surface area contributed by atoms with E-state index in [2.05, 4.69) is 5.32 Å². The lowest BCUT2D eigenvalue weighted by Crippen LogP contribution is -2.39. The Bertz CT molecular complexity index is 616. The van der Waals surface area contributed by atoms with E-state index >= 15 is 0 Å². The molecule has 1 saturated heterocycles. The third kappa shape index (κ3) is 4.42. The number of anilines is 2. The van der Waals surface area contributed by atoms with Gasteiger partial charge in [-0.25, -0.2) is 4.39 Å². The van der Waals surface area contributed by atoms with Crippen LogP contribution >= 0.6 is 0 Å². The maximum atomic E-state index is 14.6. The summed E-state index contributed by atoms with van der Waals surface area (Å²) in [7, 11) is 0. The number of nitrogens with zero attached hydrogens (tertiary/aromatic N) is 1. The molecule has 1 aliphatic heterocycles. The Morgan fingerprint density at radius 3 is 2.23 bits per heavy atom. The van der Waals surface area contributed by atoms with Gasteiger partial charge in [0.2, 0.25) is 0 Å². The maximum absolute atomic E-state index is 14.6. The first kappa shape index (κ1) is 19.3. The maximum Gasteiger partial charge on any atom is 0.391 e. The minimum atomic E-state index is -4.16. The number of aryl methyl sites for hydroxylation is 1. The van der Waals surface area contributed by atoms with Gasteiger partial charge in [0.1, 0.15) is 5.82 Å². The molecule has 0 atom stereocenters. The number of hydrogen-bond acceptors (Lipinski definition) is 3. The zero-order valence-corrected chi connectivity index (χ0v) is 15.1. The van der Waals surface area contributed by atoms with Crippen LogP contribution in [0.2, 0.25) is 0 Å². The van der Waals surface area contributed by atoms with Gasteiger partial charge in [-0.15, -0.1) is 0 Å². The molecule has 2 aliphatic rings. The van der Waals surface area contributed by atoms with Crippen molar-refractivity contribution in [2.45, 2.75) is 63.7 Å². The smallest absolute Gasteiger partial charge is 0.382 e. The summed E-state index contributed by atoms with van der Waals surface area (Å²) in [6, 6.07) is 3.78. The highest BCUT2D eigenvalue weighted by Crippen LogP contribution is 2.37. The largest absolute Gasteiger partial charge is 0.391 e. The molecule has 1 aromatic rings. The molecule has 0 aromatic heterocycles. The van der Waals surface area contributed by atoms with Crippen molar-refractivity contribution >= 4 is 11.4 Å². The Hall–Kier alpha value is -1.50. The average molecular weight is 373 g/mol. The van der Waals surface area contributed by atoms with E-state index in [0.717, 1.165) is 36.9 Å². The number of halogens is 4. The summed E-state index contributed by atoms with van der Waals surface area (Å²) in [5.41, 5.74) is 7.99. The number of nitrogens with one attached hydrogen (secondary N) is 1. The molecule has 3 rings (SSSR count). The first-order valence-electron chi connectivity index (χ1n) is 9.38. The van der Waals surface area contributed by atoms with Crippen molar-refractivity contribution in [3.8, 4) is 0 Å². The van der Waals surface area contributed by atoms with E-state index < -0.39 is 12.1 Å².